The van der Waals surface area contributed by atoms with Gasteiger partial charge < -0.3 is 20.1 Å². The van der Waals surface area contributed by atoms with Crippen molar-refractivity contribution in [1.29, 1.82) is 0 Å². The van der Waals surface area contributed by atoms with Crippen LogP contribution in [-0.2, 0) is 4.79 Å². The summed E-state index contributed by atoms with van der Waals surface area (Å²) >= 11 is 0. The maximum absolute atomic E-state index is 12.9. The first kappa shape index (κ1) is 20.6. The Balaban J connectivity index is 1.81. The van der Waals surface area contributed by atoms with Gasteiger partial charge in [0, 0.05) is 5.56 Å². The second kappa shape index (κ2) is 7.88. The molecule has 0 aliphatic heterocycles. The van der Waals surface area contributed by atoms with Crippen LogP contribution in [0.5, 0.6) is 11.5 Å². The summed E-state index contributed by atoms with van der Waals surface area (Å²) in [6.45, 7) is 3.69. The molecule has 0 aromatic heterocycles. The van der Waals surface area contributed by atoms with E-state index in [-0.39, 0.29) is 22.4 Å². The number of rotatable bonds is 5. The molecule has 0 radical (unpaired) electrons. The Morgan fingerprint density at radius 2 is 1.28 bits per heavy atom. The minimum absolute atomic E-state index is 0.0943. The largest absolute Gasteiger partial charge is 0.506 e. The van der Waals surface area contributed by atoms with Crippen molar-refractivity contribution in [2.45, 2.75) is 0 Å². The van der Waals surface area contributed by atoms with Gasteiger partial charge in [0.2, 0.25) is 0 Å². The maximum atomic E-state index is 12.9. The molecule has 4 aromatic carbocycles. The van der Waals surface area contributed by atoms with Gasteiger partial charge in [-0.1, -0.05) is 55.1 Å². The molecule has 0 bridgehead atoms. The number of aromatic hydroxyl groups is 1. The van der Waals surface area contributed by atoms with Crippen LogP contribution in [-0.4, -0.2) is 33.2 Å². The number of carbonyl (C=O) groups excluding carboxylic acids is 1. The monoisotopic (exact) mass is 428 g/mol. The van der Waals surface area contributed by atoms with E-state index in [2.05, 4.69) is 6.58 Å². The number of carbonyl (C=O) groups is 3. The average Bonchev–Trinajstić information content (AvgIpc) is 2.77. The van der Waals surface area contributed by atoms with Crippen molar-refractivity contribution < 1.29 is 34.4 Å². The molecule has 0 atom stereocenters. The van der Waals surface area contributed by atoms with E-state index in [9.17, 15) is 29.7 Å². The molecular formula is C25H16O7. The molecule has 4 aromatic rings. The van der Waals surface area contributed by atoms with E-state index in [0.29, 0.717) is 21.5 Å². The third kappa shape index (κ3) is 3.52. The normalized spacial score (nSPS) is 10.8. The SMILES string of the molecule is C=C(C(=O)Oc1cc2ccccc2cc1C(=O)O)c1c(O)c(C(=O)O)cc2ccccc12. The zero-order valence-electron chi connectivity index (χ0n) is 16.5. The van der Waals surface area contributed by atoms with E-state index in [1.54, 1.807) is 48.5 Å². The van der Waals surface area contributed by atoms with Crippen molar-refractivity contribution in [2.75, 3.05) is 0 Å². The Kier molecular flexibility index (Phi) is 5.08. The van der Waals surface area contributed by atoms with E-state index in [4.69, 9.17) is 4.74 Å². The average molecular weight is 428 g/mol. The van der Waals surface area contributed by atoms with Crippen LogP contribution in [0.1, 0.15) is 26.3 Å². The number of aromatic carboxylic acids is 2. The smallest absolute Gasteiger partial charge is 0.343 e. The summed E-state index contributed by atoms with van der Waals surface area (Å²) in [4.78, 5) is 36.2. The summed E-state index contributed by atoms with van der Waals surface area (Å²) in [6.07, 6.45) is 0. The van der Waals surface area contributed by atoms with E-state index >= 15 is 0 Å². The second-order valence-corrected chi connectivity index (χ2v) is 7.04. The summed E-state index contributed by atoms with van der Waals surface area (Å²) in [6, 6.07) is 17.7. The van der Waals surface area contributed by atoms with Gasteiger partial charge in [-0.05, 0) is 39.7 Å². The van der Waals surface area contributed by atoms with Gasteiger partial charge in [-0.3, -0.25) is 0 Å². The Bertz CT molecular complexity index is 1450. The minimum atomic E-state index is -1.38. The minimum Gasteiger partial charge on any atom is -0.506 e. The molecule has 0 amide bonds. The molecule has 0 aliphatic carbocycles. The number of fused-ring (bicyclic) bond motifs is 2. The van der Waals surface area contributed by atoms with Crippen LogP contribution in [0.15, 0.2) is 73.3 Å². The Morgan fingerprint density at radius 3 is 1.91 bits per heavy atom. The van der Waals surface area contributed by atoms with Gasteiger partial charge in [-0.15, -0.1) is 0 Å². The molecular weight excluding hydrogens is 412 g/mol. The van der Waals surface area contributed by atoms with Crippen LogP contribution in [0.25, 0.3) is 27.1 Å². The van der Waals surface area contributed by atoms with Crippen molar-refractivity contribution in [2.24, 2.45) is 0 Å². The summed E-state index contributed by atoms with van der Waals surface area (Å²) in [7, 11) is 0. The van der Waals surface area contributed by atoms with Crippen molar-refractivity contribution in [1.82, 2.24) is 0 Å². The third-order valence-electron chi connectivity index (χ3n) is 5.08. The summed E-state index contributed by atoms with van der Waals surface area (Å²) in [5, 5.41) is 31.8. The molecule has 4 rings (SSSR count). The lowest BCUT2D eigenvalue weighted by molar-refractivity contribution is -0.127. The number of hydrogen-bond donors (Lipinski definition) is 3. The highest BCUT2D eigenvalue weighted by molar-refractivity contribution is 6.22. The quantitative estimate of drug-likeness (QED) is 0.239. The highest BCUT2D eigenvalue weighted by atomic mass is 16.5. The van der Waals surface area contributed by atoms with Gasteiger partial charge in [0.1, 0.15) is 22.6 Å². The van der Waals surface area contributed by atoms with Crippen molar-refractivity contribution in [3.05, 3.63) is 90.0 Å². The van der Waals surface area contributed by atoms with Gasteiger partial charge >= 0.3 is 17.9 Å². The van der Waals surface area contributed by atoms with E-state index in [1.807, 2.05) is 0 Å². The zero-order chi connectivity index (χ0) is 23.0. The molecule has 7 nitrogen and oxygen atoms in total. The van der Waals surface area contributed by atoms with Gasteiger partial charge in [-0.25, -0.2) is 14.4 Å². The molecule has 3 N–H and O–H groups in total. The number of carboxylic acids is 2. The lowest BCUT2D eigenvalue weighted by Crippen LogP contribution is -2.13. The molecule has 0 saturated heterocycles. The fourth-order valence-corrected chi connectivity index (χ4v) is 3.54. The first-order valence-corrected chi connectivity index (χ1v) is 9.43. The second-order valence-electron chi connectivity index (χ2n) is 7.04. The predicted molar refractivity (Wildman–Crippen MR) is 118 cm³/mol. The number of carboxylic acid groups (broad SMARTS) is 2. The predicted octanol–water partition coefficient (Wildman–Crippen LogP) is 4.71. The third-order valence-corrected chi connectivity index (χ3v) is 5.08. The first-order chi connectivity index (χ1) is 15.3. The van der Waals surface area contributed by atoms with Gasteiger partial charge in [-0.2, -0.15) is 0 Å². The topological polar surface area (TPSA) is 121 Å². The Labute approximate surface area is 181 Å². The van der Waals surface area contributed by atoms with Crippen LogP contribution in [0.2, 0.25) is 0 Å². The number of hydrogen-bond acceptors (Lipinski definition) is 5. The van der Waals surface area contributed by atoms with Crippen LogP contribution < -0.4 is 4.74 Å². The lowest BCUT2D eigenvalue weighted by atomic mass is 9.94. The molecule has 0 heterocycles. The molecule has 158 valence electrons. The van der Waals surface area contributed by atoms with Gasteiger partial charge in [0.25, 0.3) is 0 Å². The fraction of sp³-hybridized carbons (Fsp3) is 0. The maximum Gasteiger partial charge on any atom is 0.343 e. The fourth-order valence-electron chi connectivity index (χ4n) is 3.54. The molecule has 0 fully saturated rings. The van der Waals surface area contributed by atoms with Crippen LogP contribution in [0, 0.1) is 0 Å². The first-order valence-electron chi connectivity index (χ1n) is 9.43. The van der Waals surface area contributed by atoms with Crippen molar-refractivity contribution >= 4 is 45.0 Å². The lowest BCUT2D eigenvalue weighted by Gasteiger charge is -2.15. The van der Waals surface area contributed by atoms with E-state index in [0.717, 1.165) is 0 Å². The van der Waals surface area contributed by atoms with Crippen LogP contribution in [0.4, 0.5) is 0 Å². The van der Waals surface area contributed by atoms with Crippen LogP contribution >= 0.6 is 0 Å². The van der Waals surface area contributed by atoms with Crippen molar-refractivity contribution in [3.63, 3.8) is 0 Å². The number of benzene rings is 4. The molecule has 32 heavy (non-hydrogen) atoms. The highest BCUT2D eigenvalue weighted by Crippen LogP contribution is 2.37. The van der Waals surface area contributed by atoms with E-state index < -0.39 is 29.2 Å². The zero-order valence-corrected chi connectivity index (χ0v) is 16.5. The Morgan fingerprint density at radius 1 is 0.750 bits per heavy atom. The van der Waals surface area contributed by atoms with Crippen molar-refractivity contribution in [3.8, 4) is 11.5 Å². The number of ether oxygens (including phenoxy) is 1. The number of esters is 1. The number of phenols is 1. The molecule has 0 aliphatic rings. The van der Waals surface area contributed by atoms with Crippen LogP contribution in [0.3, 0.4) is 0 Å². The summed E-state index contributed by atoms with van der Waals surface area (Å²) < 4.78 is 5.36. The van der Waals surface area contributed by atoms with E-state index in [1.165, 1.54) is 18.2 Å². The highest BCUT2D eigenvalue weighted by Gasteiger charge is 2.25. The summed E-state index contributed by atoms with van der Waals surface area (Å²) in [5.74, 6) is -4.51. The summed E-state index contributed by atoms with van der Waals surface area (Å²) in [5.41, 5.74) is -1.03. The standard InChI is InChI=1S/C25H16O7/c1-13(21-17-9-5-4-8-16(17)11-19(22(21)26)24(29)30)25(31)32-20-12-15-7-3-2-6-14(15)10-18(20)23(27)28/h2-12,26H,1H2,(H,27,28)(H,29,30). The molecule has 0 spiro atoms. The van der Waals surface area contributed by atoms with Gasteiger partial charge in [0.15, 0.2) is 0 Å². The Hall–Kier alpha value is -4.65. The molecule has 0 unspecified atom stereocenters. The van der Waals surface area contributed by atoms with Gasteiger partial charge in [0.05, 0.1) is 5.57 Å². The molecule has 0 saturated carbocycles. The molecule has 7 heteroatoms.